The lowest BCUT2D eigenvalue weighted by Crippen LogP contribution is -2.41. The fourth-order valence-electron chi connectivity index (χ4n) is 3.08. The lowest BCUT2D eigenvalue weighted by molar-refractivity contribution is -0.116. The van der Waals surface area contributed by atoms with Crippen molar-refractivity contribution in [1.82, 2.24) is 9.13 Å². The molecule has 1 amide bonds. The zero-order chi connectivity index (χ0) is 21.3. The number of nitrogens with one attached hydrogen (secondary N) is 1. The maximum absolute atomic E-state index is 13.3. The van der Waals surface area contributed by atoms with Crippen molar-refractivity contribution in [2.75, 3.05) is 5.32 Å². The van der Waals surface area contributed by atoms with Gasteiger partial charge in [0.05, 0.1) is 10.5 Å². The van der Waals surface area contributed by atoms with Crippen LogP contribution in [0.3, 0.4) is 0 Å². The number of fused-ring (bicyclic) bond motifs is 1. The molecule has 0 aliphatic heterocycles. The standard InChI is InChI=1S/C20H15ClFN3O3S2/c21-14-10-12(3-4-15(14)22)23-17(26)11-25-16-6-9-30-18(16)19(27)24(20(25)28)7-5-13-2-1-8-29-13/h1-4,6,8-10H,5,7,11H2,(H,23,26). The molecule has 0 radical (unpaired) electrons. The first-order valence-corrected chi connectivity index (χ1v) is 11.1. The first kappa shape index (κ1) is 20.5. The van der Waals surface area contributed by atoms with Crippen molar-refractivity contribution in [2.45, 2.75) is 19.5 Å². The number of carbonyl (C=O) groups is 1. The number of aryl methyl sites for hydroxylation is 1. The average molecular weight is 464 g/mol. The van der Waals surface area contributed by atoms with Crippen LogP contribution in [0.15, 0.2) is 56.7 Å². The maximum Gasteiger partial charge on any atom is 0.332 e. The number of nitrogens with zero attached hydrogens (tertiary/aromatic N) is 2. The number of aromatic nitrogens is 2. The lowest BCUT2D eigenvalue weighted by atomic mass is 10.3. The first-order chi connectivity index (χ1) is 14.4. The molecule has 0 unspecified atom stereocenters. The molecule has 0 saturated carbocycles. The summed E-state index contributed by atoms with van der Waals surface area (Å²) in [7, 11) is 0. The second kappa shape index (κ2) is 8.55. The predicted molar refractivity (Wildman–Crippen MR) is 118 cm³/mol. The fourth-order valence-corrected chi connectivity index (χ4v) is 4.80. The predicted octanol–water partition coefficient (Wildman–Crippen LogP) is 3.96. The highest BCUT2D eigenvalue weighted by Crippen LogP contribution is 2.20. The molecule has 3 aromatic heterocycles. The second-order valence-corrected chi connectivity index (χ2v) is 8.82. The summed E-state index contributed by atoms with van der Waals surface area (Å²) >= 11 is 8.53. The van der Waals surface area contributed by atoms with Gasteiger partial charge in [0.1, 0.15) is 17.1 Å². The van der Waals surface area contributed by atoms with Gasteiger partial charge in [-0.2, -0.15) is 0 Å². The van der Waals surface area contributed by atoms with Crippen LogP contribution < -0.4 is 16.6 Å². The monoisotopic (exact) mass is 463 g/mol. The molecule has 3 heterocycles. The molecule has 6 nitrogen and oxygen atoms in total. The van der Waals surface area contributed by atoms with Gasteiger partial charge in [0.2, 0.25) is 5.91 Å². The van der Waals surface area contributed by atoms with Gasteiger partial charge in [-0.25, -0.2) is 9.18 Å². The van der Waals surface area contributed by atoms with E-state index in [0.29, 0.717) is 22.3 Å². The maximum atomic E-state index is 13.3. The van der Waals surface area contributed by atoms with Crippen LogP contribution in [0.25, 0.3) is 10.2 Å². The molecule has 0 atom stereocenters. The Balaban J connectivity index is 1.64. The molecule has 1 N–H and O–H groups in total. The van der Waals surface area contributed by atoms with Crippen LogP contribution in [-0.4, -0.2) is 15.0 Å². The van der Waals surface area contributed by atoms with E-state index in [1.165, 1.54) is 32.6 Å². The minimum atomic E-state index is -0.594. The number of thiophene rings is 2. The van der Waals surface area contributed by atoms with Gasteiger partial charge >= 0.3 is 5.69 Å². The minimum absolute atomic E-state index is 0.118. The van der Waals surface area contributed by atoms with Crippen LogP contribution in [0.2, 0.25) is 5.02 Å². The molecule has 0 spiro atoms. The Morgan fingerprint density at radius 2 is 1.93 bits per heavy atom. The molecule has 1 aromatic carbocycles. The number of hydrogen-bond donors (Lipinski definition) is 1. The van der Waals surface area contributed by atoms with Gasteiger partial charge in [0.25, 0.3) is 5.56 Å². The summed E-state index contributed by atoms with van der Waals surface area (Å²) in [6.45, 7) is -0.0679. The molecule has 4 rings (SSSR count). The Hall–Kier alpha value is -2.75. The van der Waals surface area contributed by atoms with Crippen molar-refractivity contribution in [2.24, 2.45) is 0 Å². The highest BCUT2D eigenvalue weighted by Gasteiger charge is 2.17. The summed E-state index contributed by atoms with van der Waals surface area (Å²) < 4.78 is 16.2. The van der Waals surface area contributed by atoms with Crippen LogP contribution in [0.1, 0.15) is 4.88 Å². The van der Waals surface area contributed by atoms with E-state index in [4.69, 9.17) is 11.6 Å². The van der Waals surface area contributed by atoms with E-state index in [-0.39, 0.29) is 23.7 Å². The van der Waals surface area contributed by atoms with E-state index in [1.807, 2.05) is 17.5 Å². The number of benzene rings is 1. The number of carbonyl (C=O) groups excluding carboxylic acids is 1. The number of amides is 1. The first-order valence-electron chi connectivity index (χ1n) is 8.92. The van der Waals surface area contributed by atoms with E-state index < -0.39 is 17.4 Å². The van der Waals surface area contributed by atoms with Gasteiger partial charge in [0, 0.05) is 17.1 Å². The zero-order valence-corrected chi connectivity index (χ0v) is 17.8. The zero-order valence-electron chi connectivity index (χ0n) is 15.4. The minimum Gasteiger partial charge on any atom is -0.324 e. The Morgan fingerprint density at radius 1 is 1.10 bits per heavy atom. The van der Waals surface area contributed by atoms with E-state index in [2.05, 4.69) is 5.32 Å². The van der Waals surface area contributed by atoms with Crippen LogP contribution in [-0.2, 0) is 24.3 Å². The van der Waals surface area contributed by atoms with Crippen molar-refractivity contribution < 1.29 is 9.18 Å². The molecule has 154 valence electrons. The molecule has 30 heavy (non-hydrogen) atoms. The number of halogens is 2. The molecular weight excluding hydrogens is 449 g/mol. The Bertz CT molecular complexity index is 1340. The average Bonchev–Trinajstić information content (AvgIpc) is 3.40. The van der Waals surface area contributed by atoms with Crippen molar-refractivity contribution in [3.8, 4) is 0 Å². The fraction of sp³-hybridized carbons (Fsp3) is 0.150. The topological polar surface area (TPSA) is 73.1 Å². The third-order valence-corrected chi connectivity index (χ3v) is 6.62. The highest BCUT2D eigenvalue weighted by molar-refractivity contribution is 7.17. The third-order valence-electron chi connectivity index (χ3n) is 4.50. The van der Waals surface area contributed by atoms with Crippen molar-refractivity contribution >= 4 is 56.1 Å². The normalized spacial score (nSPS) is 11.1. The molecule has 0 bridgehead atoms. The molecule has 4 aromatic rings. The summed E-state index contributed by atoms with van der Waals surface area (Å²) in [6.07, 6.45) is 0.546. The van der Waals surface area contributed by atoms with Crippen LogP contribution in [0.5, 0.6) is 0 Å². The van der Waals surface area contributed by atoms with Crippen LogP contribution >= 0.6 is 34.3 Å². The van der Waals surface area contributed by atoms with E-state index in [1.54, 1.807) is 22.8 Å². The highest BCUT2D eigenvalue weighted by atomic mass is 35.5. The molecule has 0 saturated heterocycles. The number of rotatable bonds is 6. The SMILES string of the molecule is O=C(Cn1c(=O)n(CCc2cccs2)c(=O)c2sccc21)Nc1ccc(F)c(Cl)c1. The van der Waals surface area contributed by atoms with Crippen LogP contribution in [0.4, 0.5) is 10.1 Å². The summed E-state index contributed by atoms with van der Waals surface area (Å²) in [5.74, 6) is -1.08. The lowest BCUT2D eigenvalue weighted by Gasteiger charge is -2.12. The Kier molecular flexibility index (Phi) is 5.85. The third kappa shape index (κ3) is 4.09. The molecular formula is C20H15ClFN3O3S2. The number of anilines is 1. The Morgan fingerprint density at radius 3 is 2.67 bits per heavy atom. The molecule has 0 aliphatic rings. The van der Waals surface area contributed by atoms with Crippen molar-refractivity contribution in [3.05, 3.63) is 83.7 Å². The smallest absolute Gasteiger partial charge is 0.324 e. The van der Waals surface area contributed by atoms with E-state index in [0.717, 1.165) is 10.9 Å². The van der Waals surface area contributed by atoms with Crippen LogP contribution in [0, 0.1) is 5.82 Å². The summed E-state index contributed by atoms with van der Waals surface area (Å²) in [4.78, 5) is 39.4. The van der Waals surface area contributed by atoms with Gasteiger partial charge in [-0.1, -0.05) is 17.7 Å². The van der Waals surface area contributed by atoms with Gasteiger partial charge in [-0.15, -0.1) is 22.7 Å². The summed E-state index contributed by atoms with van der Waals surface area (Å²) in [5.41, 5.74) is -0.181. The van der Waals surface area contributed by atoms with Gasteiger partial charge in [-0.3, -0.25) is 18.7 Å². The number of hydrogen-bond acceptors (Lipinski definition) is 5. The van der Waals surface area contributed by atoms with Crippen molar-refractivity contribution in [3.63, 3.8) is 0 Å². The molecule has 10 heteroatoms. The Labute approximate surface area is 182 Å². The van der Waals surface area contributed by atoms with Gasteiger partial charge < -0.3 is 5.32 Å². The van der Waals surface area contributed by atoms with Crippen molar-refractivity contribution in [1.29, 1.82) is 0 Å². The largest absolute Gasteiger partial charge is 0.332 e. The van der Waals surface area contributed by atoms with Gasteiger partial charge in [-0.05, 0) is 47.5 Å². The molecule has 0 aliphatic carbocycles. The second-order valence-electron chi connectivity index (χ2n) is 6.47. The summed E-state index contributed by atoms with van der Waals surface area (Å²) in [6, 6.07) is 9.32. The van der Waals surface area contributed by atoms with Gasteiger partial charge in [0.15, 0.2) is 0 Å². The molecule has 0 fully saturated rings. The van der Waals surface area contributed by atoms with E-state index >= 15 is 0 Å². The quantitative estimate of drug-likeness (QED) is 0.470. The van der Waals surface area contributed by atoms with E-state index in [9.17, 15) is 18.8 Å². The summed E-state index contributed by atoms with van der Waals surface area (Å²) in [5, 5.41) is 6.13.